The zero-order valence-corrected chi connectivity index (χ0v) is 29.2. The number of anilines is 4. The third kappa shape index (κ3) is 10.1. The number of para-hydroxylation sites is 1. The number of alkyl halides is 1. The number of likely N-dealkylation sites (N-methyl/N-ethyl adjacent to an activating group) is 1. The first-order valence-corrected chi connectivity index (χ1v) is 16.8. The molecule has 2 aromatic heterocycles. The summed E-state index contributed by atoms with van der Waals surface area (Å²) in [5.41, 5.74) is 10.5. The molecule has 2 aromatic carbocycles. The molecule has 0 bridgehead atoms. The van der Waals surface area contributed by atoms with Crippen LogP contribution in [0.2, 0.25) is 0 Å². The topological polar surface area (TPSA) is 167 Å². The molecule has 1 aliphatic carbocycles. The van der Waals surface area contributed by atoms with Crippen LogP contribution >= 0.6 is 0 Å². The molecular formula is C37H46FN9O4. The van der Waals surface area contributed by atoms with Crippen LogP contribution in [0.1, 0.15) is 53.7 Å². The van der Waals surface area contributed by atoms with E-state index in [1.165, 1.54) is 10.7 Å². The fourth-order valence-electron chi connectivity index (χ4n) is 5.63. The Balaban J connectivity index is 0.00000188. The number of imidazole rings is 1. The number of halogens is 1. The van der Waals surface area contributed by atoms with E-state index in [9.17, 15) is 18.8 Å². The van der Waals surface area contributed by atoms with Crippen LogP contribution < -0.4 is 31.5 Å². The number of carbonyl (C=O) groups is 4. The summed E-state index contributed by atoms with van der Waals surface area (Å²) in [5.74, 6) is 0.152. The molecule has 1 saturated carbocycles. The predicted molar refractivity (Wildman–Crippen MR) is 197 cm³/mol. The number of benzene rings is 2. The molecule has 3 amide bonds. The van der Waals surface area contributed by atoms with Crippen molar-refractivity contribution in [3.05, 3.63) is 89.9 Å². The highest BCUT2D eigenvalue weighted by Gasteiger charge is 2.39. The number of nitrogens with two attached hydrogens (primary N) is 1. The predicted octanol–water partition coefficient (Wildman–Crippen LogP) is 4.09. The highest BCUT2D eigenvalue weighted by molar-refractivity contribution is 5.93. The average Bonchev–Trinajstić information content (AvgIpc) is 3.66. The van der Waals surface area contributed by atoms with Gasteiger partial charge >= 0.3 is 0 Å². The van der Waals surface area contributed by atoms with Gasteiger partial charge in [0.05, 0.1) is 29.7 Å². The second-order valence-corrected chi connectivity index (χ2v) is 12.3. The Morgan fingerprint density at radius 1 is 1.10 bits per heavy atom. The van der Waals surface area contributed by atoms with Crippen molar-refractivity contribution in [3.8, 4) is 0 Å². The lowest BCUT2D eigenvalue weighted by atomic mass is 10.0. The minimum Gasteiger partial charge on any atom is -0.392 e. The van der Waals surface area contributed by atoms with Crippen molar-refractivity contribution in [3.63, 3.8) is 0 Å². The van der Waals surface area contributed by atoms with Crippen LogP contribution in [0.15, 0.2) is 73.1 Å². The van der Waals surface area contributed by atoms with Crippen LogP contribution in [0.5, 0.6) is 0 Å². The molecule has 13 nitrogen and oxygen atoms in total. The summed E-state index contributed by atoms with van der Waals surface area (Å²) in [6, 6.07) is 16.9. The van der Waals surface area contributed by atoms with Gasteiger partial charge < -0.3 is 36.3 Å². The quantitative estimate of drug-likeness (QED) is 0.0884. The van der Waals surface area contributed by atoms with E-state index < -0.39 is 18.1 Å². The van der Waals surface area contributed by atoms with E-state index in [0.717, 1.165) is 72.3 Å². The highest BCUT2D eigenvalue weighted by Crippen LogP contribution is 2.32. The number of primary amides is 1. The Morgan fingerprint density at radius 2 is 1.82 bits per heavy atom. The van der Waals surface area contributed by atoms with Crippen LogP contribution in [0.4, 0.5) is 27.3 Å². The van der Waals surface area contributed by atoms with Crippen molar-refractivity contribution in [2.24, 2.45) is 5.73 Å². The number of fused-ring (bicyclic) bond motifs is 1. The molecule has 51 heavy (non-hydrogen) atoms. The molecule has 4 aromatic rings. The van der Waals surface area contributed by atoms with E-state index in [-0.39, 0.29) is 18.1 Å². The number of hydrogen-bond donors (Lipinski definition) is 4. The summed E-state index contributed by atoms with van der Waals surface area (Å²) in [6.45, 7) is 3.96. The lowest BCUT2D eigenvalue weighted by molar-refractivity contribution is -0.109. The van der Waals surface area contributed by atoms with Crippen molar-refractivity contribution in [1.82, 2.24) is 25.2 Å². The summed E-state index contributed by atoms with van der Waals surface area (Å²) >= 11 is 0. The second kappa shape index (κ2) is 18.3. The van der Waals surface area contributed by atoms with Crippen LogP contribution in [0, 0.1) is 0 Å². The van der Waals surface area contributed by atoms with Crippen LogP contribution in [0.3, 0.4) is 0 Å². The fourth-order valence-corrected chi connectivity index (χ4v) is 5.63. The van der Waals surface area contributed by atoms with Crippen molar-refractivity contribution in [2.45, 2.75) is 63.2 Å². The van der Waals surface area contributed by atoms with Gasteiger partial charge in [0, 0.05) is 38.9 Å². The molecule has 2 heterocycles. The first-order valence-electron chi connectivity index (χ1n) is 16.8. The molecule has 5 N–H and O–H groups in total. The SMILES string of the molecule is C=C(CCC(C=O)N(C)c1ccc(CCCCc2ccccc2Nc2ccc3ncc(C(=O)NC4CC4F)n3n2)cc1N(C)C=O)NC.NC=O. The maximum Gasteiger partial charge on any atom is 0.271 e. The molecule has 0 aliphatic heterocycles. The van der Waals surface area contributed by atoms with Crippen molar-refractivity contribution in [1.29, 1.82) is 0 Å². The van der Waals surface area contributed by atoms with Crippen molar-refractivity contribution in [2.75, 3.05) is 36.3 Å². The summed E-state index contributed by atoms with van der Waals surface area (Å²) < 4.78 is 14.8. The highest BCUT2D eigenvalue weighted by atomic mass is 19.1. The molecule has 1 aliphatic rings. The second-order valence-electron chi connectivity index (χ2n) is 12.3. The van der Waals surface area contributed by atoms with Crippen LogP contribution in [-0.4, -0.2) is 79.0 Å². The molecule has 5 rings (SSSR count). The van der Waals surface area contributed by atoms with Crippen molar-refractivity contribution >= 4 is 53.5 Å². The maximum absolute atomic E-state index is 13.3. The van der Waals surface area contributed by atoms with E-state index in [1.54, 1.807) is 18.0 Å². The molecular weight excluding hydrogens is 653 g/mol. The molecule has 0 saturated heterocycles. The van der Waals surface area contributed by atoms with Gasteiger partial charge in [0.1, 0.15) is 12.5 Å². The monoisotopic (exact) mass is 699 g/mol. The number of carbonyl (C=O) groups excluding carboxylic acids is 4. The zero-order valence-electron chi connectivity index (χ0n) is 29.2. The minimum atomic E-state index is -0.994. The molecule has 3 unspecified atom stereocenters. The number of nitrogens with zero attached hydrogens (tertiary/aromatic N) is 5. The first-order chi connectivity index (χ1) is 24.6. The zero-order chi connectivity index (χ0) is 36.9. The Kier molecular flexibility index (Phi) is 13.6. The summed E-state index contributed by atoms with van der Waals surface area (Å²) in [6.07, 6.45) is 7.54. The van der Waals surface area contributed by atoms with Crippen molar-refractivity contribution < 1.29 is 23.6 Å². The first kappa shape index (κ1) is 38.0. The number of unbranched alkanes of at least 4 members (excludes halogenated alkanes) is 1. The van der Waals surface area contributed by atoms with Gasteiger partial charge in [0.25, 0.3) is 5.91 Å². The number of nitrogens with one attached hydrogen (secondary N) is 3. The molecule has 1 fully saturated rings. The van der Waals surface area contributed by atoms with Gasteiger partial charge in [0.2, 0.25) is 12.8 Å². The fraction of sp³-hybridized carbons (Fsp3) is 0.351. The van der Waals surface area contributed by atoms with E-state index in [0.29, 0.717) is 30.7 Å². The van der Waals surface area contributed by atoms with Gasteiger partial charge in [0.15, 0.2) is 17.2 Å². The smallest absolute Gasteiger partial charge is 0.271 e. The Hall–Kier alpha value is -5.79. The average molecular weight is 700 g/mol. The number of aromatic nitrogens is 3. The molecule has 0 radical (unpaired) electrons. The normalized spacial score (nSPS) is 15.1. The lowest BCUT2D eigenvalue weighted by Crippen LogP contribution is -2.34. The van der Waals surface area contributed by atoms with Gasteiger partial charge in [-0.1, -0.05) is 30.8 Å². The summed E-state index contributed by atoms with van der Waals surface area (Å²) in [5, 5.41) is 13.7. The Labute approximate surface area is 297 Å². The third-order valence-corrected chi connectivity index (χ3v) is 8.77. The number of allylic oxidation sites excluding steroid dienone is 1. The molecule has 14 heteroatoms. The van der Waals surface area contributed by atoms with Gasteiger partial charge in [-0.25, -0.2) is 13.9 Å². The molecule has 3 atom stereocenters. The largest absolute Gasteiger partial charge is 0.392 e. The molecule has 0 spiro atoms. The number of rotatable bonds is 18. The third-order valence-electron chi connectivity index (χ3n) is 8.77. The maximum atomic E-state index is 13.3. The van der Waals surface area contributed by atoms with Gasteiger partial charge in [-0.15, -0.1) is 5.10 Å². The van der Waals surface area contributed by atoms with Gasteiger partial charge in [-0.05, 0) is 80.0 Å². The van der Waals surface area contributed by atoms with Crippen LogP contribution in [-0.2, 0) is 27.2 Å². The van der Waals surface area contributed by atoms with E-state index in [1.807, 2.05) is 55.4 Å². The number of aldehydes is 1. The lowest BCUT2D eigenvalue weighted by Gasteiger charge is -2.30. The summed E-state index contributed by atoms with van der Waals surface area (Å²) in [4.78, 5) is 52.7. The number of hydrogen-bond acceptors (Lipinski definition) is 9. The van der Waals surface area contributed by atoms with Crippen LogP contribution in [0.25, 0.3) is 5.65 Å². The Morgan fingerprint density at radius 3 is 2.51 bits per heavy atom. The van der Waals surface area contributed by atoms with E-state index in [4.69, 9.17) is 4.79 Å². The summed E-state index contributed by atoms with van der Waals surface area (Å²) in [7, 11) is 5.41. The van der Waals surface area contributed by atoms with Gasteiger partial charge in [-0.2, -0.15) is 0 Å². The standard InChI is InChI=1S/C36H43FN8O3.CH3NO/c1-24(38-2)13-15-27(22-46)44(4)31-16-14-25(19-32(31)43(3)23-47)9-5-6-10-26-11-7-8-12-29(26)40-34-17-18-35-39-21-33(45(35)42-34)36(48)41-30-20-28(30)37;2-1-3/h7-8,11-12,14,16-19,21-23,27-28,30,38H,1,5-6,9-10,13,15,20H2,2-4H3,(H,40,42)(H,41,48);1H,(H2,2,3). The molecule has 270 valence electrons. The van der Waals surface area contributed by atoms with E-state index in [2.05, 4.69) is 50.5 Å². The Bertz CT molecular complexity index is 1830. The van der Waals surface area contributed by atoms with E-state index >= 15 is 0 Å². The number of aryl methyl sites for hydroxylation is 2. The number of amides is 3. The van der Waals surface area contributed by atoms with Gasteiger partial charge in [-0.3, -0.25) is 14.4 Å². The minimum absolute atomic E-state index is 0.250.